The third-order valence-electron chi connectivity index (χ3n) is 3.46. The maximum atomic E-state index is 12.4. The van der Waals surface area contributed by atoms with E-state index in [1.54, 1.807) is 6.08 Å². The Bertz CT molecular complexity index is 883. The first-order chi connectivity index (χ1) is 11.0. The zero-order valence-electron chi connectivity index (χ0n) is 12.4. The van der Waals surface area contributed by atoms with Crippen molar-refractivity contribution in [1.29, 1.82) is 0 Å². The van der Waals surface area contributed by atoms with Gasteiger partial charge >= 0.3 is 0 Å². The molecular weight excluding hydrogens is 316 g/mol. The van der Waals surface area contributed by atoms with Crippen LogP contribution >= 0.6 is 0 Å². The number of carbonyl (C=O) groups excluding carboxylic acids is 1. The molecule has 0 atom stereocenters. The standard InChI is InChI=1S/C17H14O5S/c1-21-15-10-17-16(22-11-23(17,19)20)9-13(15)14(18)8-7-12-5-3-2-4-6-12/h2-10H,11H2,1H3. The summed E-state index contributed by atoms with van der Waals surface area (Å²) in [5.41, 5.74) is 1.15. The minimum atomic E-state index is -3.47. The fourth-order valence-corrected chi connectivity index (χ4v) is 3.41. The maximum absolute atomic E-state index is 12.4. The van der Waals surface area contributed by atoms with Crippen LogP contribution in [0.5, 0.6) is 11.5 Å². The van der Waals surface area contributed by atoms with E-state index in [9.17, 15) is 13.2 Å². The highest BCUT2D eigenvalue weighted by molar-refractivity contribution is 7.91. The molecule has 5 nitrogen and oxygen atoms in total. The number of rotatable bonds is 4. The fourth-order valence-electron chi connectivity index (χ4n) is 2.29. The molecular formula is C17H14O5S. The Kier molecular flexibility index (Phi) is 3.92. The third-order valence-corrected chi connectivity index (χ3v) is 4.88. The summed E-state index contributed by atoms with van der Waals surface area (Å²) in [7, 11) is -2.08. The molecule has 0 unspecified atom stereocenters. The molecule has 0 saturated carbocycles. The van der Waals surface area contributed by atoms with E-state index >= 15 is 0 Å². The average Bonchev–Trinajstić information content (AvgIpc) is 2.87. The van der Waals surface area contributed by atoms with Gasteiger partial charge in [-0.3, -0.25) is 4.79 Å². The fraction of sp³-hybridized carbons (Fsp3) is 0.118. The lowest BCUT2D eigenvalue weighted by molar-refractivity contribution is 0.104. The van der Waals surface area contributed by atoms with Crippen molar-refractivity contribution in [3.8, 4) is 11.5 Å². The highest BCUT2D eigenvalue weighted by atomic mass is 32.2. The van der Waals surface area contributed by atoms with E-state index in [4.69, 9.17) is 9.47 Å². The van der Waals surface area contributed by atoms with E-state index < -0.39 is 15.8 Å². The molecule has 118 valence electrons. The van der Waals surface area contributed by atoms with Gasteiger partial charge in [0.25, 0.3) is 0 Å². The van der Waals surface area contributed by atoms with Crippen LogP contribution in [-0.4, -0.2) is 27.2 Å². The zero-order valence-corrected chi connectivity index (χ0v) is 13.2. The number of hydrogen-bond donors (Lipinski definition) is 0. The van der Waals surface area contributed by atoms with Gasteiger partial charge in [-0.05, 0) is 17.7 Å². The summed E-state index contributed by atoms with van der Waals surface area (Å²) in [6.07, 6.45) is 3.11. The Morgan fingerprint density at radius 2 is 1.96 bits per heavy atom. The van der Waals surface area contributed by atoms with Crippen molar-refractivity contribution < 1.29 is 22.7 Å². The van der Waals surface area contributed by atoms with Crippen LogP contribution in [0.2, 0.25) is 0 Å². The maximum Gasteiger partial charge on any atom is 0.217 e. The van der Waals surface area contributed by atoms with E-state index in [-0.39, 0.29) is 27.7 Å². The summed E-state index contributed by atoms with van der Waals surface area (Å²) in [6, 6.07) is 12.1. The van der Waals surface area contributed by atoms with Gasteiger partial charge in [0, 0.05) is 6.07 Å². The quantitative estimate of drug-likeness (QED) is 0.637. The van der Waals surface area contributed by atoms with E-state index in [0.29, 0.717) is 0 Å². The lowest BCUT2D eigenvalue weighted by Crippen LogP contribution is -2.02. The predicted molar refractivity (Wildman–Crippen MR) is 85.5 cm³/mol. The van der Waals surface area contributed by atoms with Gasteiger partial charge in [-0.25, -0.2) is 8.42 Å². The van der Waals surface area contributed by atoms with Gasteiger partial charge < -0.3 is 9.47 Å². The lowest BCUT2D eigenvalue weighted by atomic mass is 10.1. The molecule has 23 heavy (non-hydrogen) atoms. The highest BCUT2D eigenvalue weighted by Crippen LogP contribution is 2.37. The summed E-state index contributed by atoms with van der Waals surface area (Å²) in [5, 5.41) is 0. The van der Waals surface area contributed by atoms with Crippen molar-refractivity contribution in [1.82, 2.24) is 0 Å². The molecule has 0 bridgehead atoms. The molecule has 6 heteroatoms. The molecule has 0 amide bonds. The number of sulfone groups is 1. The van der Waals surface area contributed by atoms with Crippen molar-refractivity contribution in [2.24, 2.45) is 0 Å². The Labute approximate surface area is 134 Å². The Balaban J connectivity index is 1.97. The summed E-state index contributed by atoms with van der Waals surface area (Å²) < 4.78 is 34.0. The van der Waals surface area contributed by atoms with Crippen molar-refractivity contribution in [2.75, 3.05) is 13.0 Å². The van der Waals surface area contributed by atoms with Gasteiger partial charge in [-0.2, -0.15) is 0 Å². The highest BCUT2D eigenvalue weighted by Gasteiger charge is 2.30. The summed E-state index contributed by atoms with van der Waals surface area (Å²) in [5.74, 6) is -0.313. The van der Waals surface area contributed by atoms with Gasteiger partial charge in [0.2, 0.25) is 9.84 Å². The molecule has 0 saturated heterocycles. The summed E-state index contributed by atoms with van der Waals surface area (Å²) >= 11 is 0. The average molecular weight is 330 g/mol. The monoisotopic (exact) mass is 330 g/mol. The molecule has 0 N–H and O–H groups in total. The van der Waals surface area contributed by atoms with E-state index in [0.717, 1.165) is 5.56 Å². The number of carbonyl (C=O) groups is 1. The van der Waals surface area contributed by atoms with Gasteiger partial charge in [0.1, 0.15) is 16.4 Å². The van der Waals surface area contributed by atoms with Crippen molar-refractivity contribution >= 4 is 21.7 Å². The Hall–Kier alpha value is -2.60. The number of fused-ring (bicyclic) bond motifs is 1. The van der Waals surface area contributed by atoms with Crippen molar-refractivity contribution in [3.63, 3.8) is 0 Å². The van der Waals surface area contributed by atoms with Gasteiger partial charge in [-0.15, -0.1) is 0 Å². The molecule has 2 aromatic rings. The number of benzene rings is 2. The minimum Gasteiger partial charge on any atom is -0.496 e. The number of methoxy groups -OCH3 is 1. The van der Waals surface area contributed by atoms with Crippen LogP contribution in [0.1, 0.15) is 15.9 Å². The second kappa shape index (κ2) is 5.89. The third kappa shape index (κ3) is 2.98. The summed E-state index contributed by atoms with van der Waals surface area (Å²) in [4.78, 5) is 12.4. The SMILES string of the molecule is COc1cc2c(cc1C(=O)C=Cc1ccccc1)OCS2(=O)=O. The molecule has 1 aliphatic heterocycles. The molecule has 1 aliphatic rings. The van der Waals surface area contributed by atoms with E-state index in [1.165, 1.54) is 25.3 Å². The second-order valence-electron chi connectivity index (χ2n) is 4.98. The van der Waals surface area contributed by atoms with E-state index in [2.05, 4.69) is 0 Å². The van der Waals surface area contributed by atoms with Crippen molar-refractivity contribution in [3.05, 3.63) is 59.7 Å². The zero-order chi connectivity index (χ0) is 16.4. The molecule has 0 fully saturated rings. The predicted octanol–water partition coefficient (Wildman–Crippen LogP) is 2.71. The number of ketones is 1. The molecule has 2 aromatic carbocycles. The Morgan fingerprint density at radius 1 is 1.22 bits per heavy atom. The molecule has 0 spiro atoms. The molecule has 0 aromatic heterocycles. The number of ether oxygens (including phenoxy) is 2. The van der Waals surface area contributed by atoms with Crippen molar-refractivity contribution in [2.45, 2.75) is 4.90 Å². The largest absolute Gasteiger partial charge is 0.496 e. The molecule has 0 radical (unpaired) electrons. The van der Waals surface area contributed by atoms with Crippen LogP contribution in [0.25, 0.3) is 6.08 Å². The first kappa shape index (κ1) is 15.3. The Morgan fingerprint density at radius 3 is 2.65 bits per heavy atom. The van der Waals surface area contributed by atoms with Crippen LogP contribution in [0, 0.1) is 0 Å². The van der Waals surface area contributed by atoms with E-state index in [1.807, 2.05) is 30.3 Å². The number of hydrogen-bond acceptors (Lipinski definition) is 5. The molecule has 1 heterocycles. The normalized spacial score (nSPS) is 15.2. The molecule has 0 aliphatic carbocycles. The molecule has 3 rings (SSSR count). The van der Waals surface area contributed by atoms with Gasteiger partial charge in [-0.1, -0.05) is 36.4 Å². The van der Waals surface area contributed by atoms with Crippen LogP contribution in [0.15, 0.2) is 53.4 Å². The van der Waals surface area contributed by atoms with Gasteiger partial charge in [0.05, 0.1) is 12.7 Å². The first-order valence-corrected chi connectivity index (χ1v) is 8.51. The van der Waals surface area contributed by atoms with Gasteiger partial charge in [0.15, 0.2) is 11.7 Å². The first-order valence-electron chi connectivity index (χ1n) is 6.86. The van der Waals surface area contributed by atoms with Crippen LogP contribution in [0.4, 0.5) is 0 Å². The van der Waals surface area contributed by atoms with Crippen LogP contribution in [-0.2, 0) is 9.84 Å². The van der Waals surface area contributed by atoms with Crippen LogP contribution < -0.4 is 9.47 Å². The lowest BCUT2D eigenvalue weighted by Gasteiger charge is -2.07. The number of allylic oxidation sites excluding steroid dienone is 1. The summed E-state index contributed by atoms with van der Waals surface area (Å²) in [6.45, 7) is 0. The second-order valence-corrected chi connectivity index (χ2v) is 6.89. The topological polar surface area (TPSA) is 69.7 Å². The minimum absolute atomic E-state index is 0.0536. The van der Waals surface area contributed by atoms with Crippen LogP contribution in [0.3, 0.4) is 0 Å². The smallest absolute Gasteiger partial charge is 0.217 e.